The quantitative estimate of drug-likeness (QED) is 0.599. The monoisotopic (exact) mass is 304 g/mol. The first kappa shape index (κ1) is 15.2. The molecule has 0 atom stereocenters. The molecule has 2 aromatic rings. The molecule has 0 aliphatic rings. The van der Waals surface area contributed by atoms with E-state index in [1.807, 2.05) is 26.0 Å². The number of rotatable bonds is 4. The molecule has 0 saturated heterocycles. The fourth-order valence-corrected chi connectivity index (χ4v) is 2.86. The van der Waals surface area contributed by atoms with E-state index in [0.29, 0.717) is 12.1 Å². The van der Waals surface area contributed by atoms with Gasteiger partial charge in [-0.2, -0.15) is 0 Å². The molecule has 1 aromatic heterocycles. The van der Waals surface area contributed by atoms with Crippen LogP contribution in [0.15, 0.2) is 29.6 Å². The fourth-order valence-electron chi connectivity index (χ4n) is 2.08. The van der Waals surface area contributed by atoms with Crippen molar-refractivity contribution in [3.05, 3.63) is 56.8 Å². The number of nitrogens with one attached hydrogen (secondary N) is 2. The van der Waals surface area contributed by atoms with Crippen LogP contribution < -0.4 is 10.8 Å². The first-order chi connectivity index (χ1) is 9.99. The van der Waals surface area contributed by atoms with Gasteiger partial charge in [-0.05, 0) is 25.5 Å². The van der Waals surface area contributed by atoms with Crippen molar-refractivity contribution in [1.82, 2.24) is 10.8 Å². The molecule has 1 heterocycles. The van der Waals surface area contributed by atoms with Crippen LogP contribution in [-0.4, -0.2) is 17.0 Å². The van der Waals surface area contributed by atoms with Gasteiger partial charge in [-0.1, -0.05) is 29.3 Å². The second-order valence-corrected chi connectivity index (χ2v) is 5.73. The van der Waals surface area contributed by atoms with Crippen LogP contribution in [0.25, 0.3) is 0 Å². The van der Waals surface area contributed by atoms with Crippen LogP contribution in [0, 0.1) is 13.8 Å². The van der Waals surface area contributed by atoms with Gasteiger partial charge in [0, 0.05) is 11.9 Å². The van der Waals surface area contributed by atoms with Gasteiger partial charge in [0.25, 0.3) is 11.8 Å². The first-order valence-electron chi connectivity index (χ1n) is 6.38. The molecule has 2 rings (SSSR count). The third-order valence-electron chi connectivity index (χ3n) is 2.92. The zero-order chi connectivity index (χ0) is 15.4. The highest BCUT2D eigenvalue weighted by Crippen LogP contribution is 2.15. The topological polar surface area (TPSA) is 78.4 Å². The van der Waals surface area contributed by atoms with Crippen molar-refractivity contribution in [2.75, 3.05) is 0 Å². The molecule has 5 nitrogen and oxygen atoms in total. The summed E-state index contributed by atoms with van der Waals surface area (Å²) < 4.78 is 0. The lowest BCUT2D eigenvalue weighted by molar-refractivity contribution is 0.0711. The highest BCUT2D eigenvalue weighted by atomic mass is 32.1. The number of hydroxylamine groups is 1. The minimum atomic E-state index is -0.617. The summed E-state index contributed by atoms with van der Waals surface area (Å²) in [6, 6.07) is 7.56. The standard InChI is InChI=1S/C15H16N2O3S/c1-9-3-10(2)5-11(4-9)7-16-14(18)12-6-13(21-8-12)15(19)17-20/h3-6,8,20H,7H2,1-2H3,(H,16,18)(H,17,19). The van der Waals surface area contributed by atoms with Crippen molar-refractivity contribution >= 4 is 23.2 Å². The largest absolute Gasteiger partial charge is 0.348 e. The van der Waals surface area contributed by atoms with Crippen LogP contribution in [0.1, 0.15) is 36.7 Å². The Morgan fingerprint density at radius 1 is 1.10 bits per heavy atom. The van der Waals surface area contributed by atoms with Crippen LogP contribution in [0.3, 0.4) is 0 Å². The Morgan fingerprint density at radius 2 is 1.76 bits per heavy atom. The maximum absolute atomic E-state index is 12.0. The SMILES string of the molecule is Cc1cc(C)cc(CNC(=O)c2csc(C(=O)NO)c2)c1. The van der Waals surface area contributed by atoms with E-state index in [1.165, 1.54) is 6.07 Å². The second kappa shape index (κ2) is 6.51. The highest BCUT2D eigenvalue weighted by molar-refractivity contribution is 7.12. The first-order valence-corrected chi connectivity index (χ1v) is 7.26. The number of carbonyl (C=O) groups excluding carboxylic acids is 2. The zero-order valence-electron chi connectivity index (χ0n) is 11.8. The summed E-state index contributed by atoms with van der Waals surface area (Å²) in [4.78, 5) is 23.5. The smallest absolute Gasteiger partial charge is 0.284 e. The van der Waals surface area contributed by atoms with Crippen LogP contribution >= 0.6 is 11.3 Å². The molecule has 21 heavy (non-hydrogen) atoms. The average Bonchev–Trinajstić information content (AvgIpc) is 2.92. The predicted molar refractivity (Wildman–Crippen MR) is 80.7 cm³/mol. The van der Waals surface area contributed by atoms with E-state index >= 15 is 0 Å². The number of thiophene rings is 1. The van der Waals surface area contributed by atoms with E-state index in [0.717, 1.165) is 28.0 Å². The average molecular weight is 304 g/mol. The molecular weight excluding hydrogens is 288 g/mol. The van der Waals surface area contributed by atoms with Crippen molar-refractivity contribution in [1.29, 1.82) is 0 Å². The van der Waals surface area contributed by atoms with E-state index in [4.69, 9.17) is 5.21 Å². The highest BCUT2D eigenvalue weighted by Gasteiger charge is 2.12. The summed E-state index contributed by atoms with van der Waals surface area (Å²) in [5, 5.41) is 12.9. The van der Waals surface area contributed by atoms with Crippen molar-refractivity contribution in [3.8, 4) is 0 Å². The summed E-state index contributed by atoms with van der Waals surface area (Å²) in [5.41, 5.74) is 5.28. The molecule has 0 aliphatic carbocycles. The lowest BCUT2D eigenvalue weighted by Crippen LogP contribution is -2.22. The summed E-state index contributed by atoms with van der Waals surface area (Å²) >= 11 is 1.10. The molecule has 0 saturated carbocycles. The molecule has 1 aromatic carbocycles. The minimum absolute atomic E-state index is 0.248. The van der Waals surface area contributed by atoms with Gasteiger partial charge in [-0.3, -0.25) is 14.8 Å². The van der Waals surface area contributed by atoms with Crippen molar-refractivity contribution in [3.63, 3.8) is 0 Å². The summed E-state index contributed by atoms with van der Waals surface area (Å²) in [6.07, 6.45) is 0. The van der Waals surface area contributed by atoms with E-state index in [9.17, 15) is 9.59 Å². The lowest BCUT2D eigenvalue weighted by atomic mass is 10.1. The molecule has 0 radical (unpaired) electrons. The maximum atomic E-state index is 12.0. The molecule has 0 unspecified atom stereocenters. The van der Waals surface area contributed by atoms with E-state index in [-0.39, 0.29) is 10.8 Å². The Bertz CT molecular complexity index is 659. The molecule has 2 amide bonds. The maximum Gasteiger partial charge on any atom is 0.284 e. The van der Waals surface area contributed by atoms with Crippen molar-refractivity contribution in [2.24, 2.45) is 0 Å². The summed E-state index contributed by atoms with van der Waals surface area (Å²) in [7, 11) is 0. The van der Waals surface area contributed by atoms with Gasteiger partial charge in [0.05, 0.1) is 10.4 Å². The molecule has 0 bridgehead atoms. The van der Waals surface area contributed by atoms with Gasteiger partial charge in [0.15, 0.2) is 0 Å². The number of amides is 2. The van der Waals surface area contributed by atoms with E-state index in [2.05, 4.69) is 11.4 Å². The molecule has 0 fully saturated rings. The number of benzene rings is 1. The normalized spacial score (nSPS) is 10.2. The minimum Gasteiger partial charge on any atom is -0.348 e. The van der Waals surface area contributed by atoms with Gasteiger partial charge in [0.1, 0.15) is 0 Å². The van der Waals surface area contributed by atoms with Crippen LogP contribution in [0.4, 0.5) is 0 Å². The Kier molecular flexibility index (Phi) is 4.72. The van der Waals surface area contributed by atoms with E-state index < -0.39 is 5.91 Å². The molecule has 0 spiro atoms. The number of carbonyl (C=O) groups is 2. The van der Waals surface area contributed by atoms with Crippen molar-refractivity contribution < 1.29 is 14.8 Å². The fraction of sp³-hybridized carbons (Fsp3) is 0.200. The van der Waals surface area contributed by atoms with Gasteiger partial charge in [-0.25, -0.2) is 5.48 Å². The number of aryl methyl sites for hydroxylation is 2. The molecule has 110 valence electrons. The van der Waals surface area contributed by atoms with Gasteiger partial charge in [0.2, 0.25) is 0 Å². The Labute approximate surface area is 126 Å². The summed E-state index contributed by atoms with van der Waals surface area (Å²) in [6.45, 7) is 4.45. The van der Waals surface area contributed by atoms with Gasteiger partial charge in [-0.15, -0.1) is 11.3 Å². The van der Waals surface area contributed by atoms with Crippen molar-refractivity contribution in [2.45, 2.75) is 20.4 Å². The Balaban J connectivity index is 2.01. The molecular formula is C15H16N2O3S. The van der Waals surface area contributed by atoms with Crippen LogP contribution in [0.2, 0.25) is 0 Å². The number of hydrogen-bond donors (Lipinski definition) is 3. The van der Waals surface area contributed by atoms with Crippen LogP contribution in [0.5, 0.6) is 0 Å². The van der Waals surface area contributed by atoms with Crippen LogP contribution in [-0.2, 0) is 6.54 Å². The number of hydrogen-bond acceptors (Lipinski definition) is 4. The second-order valence-electron chi connectivity index (χ2n) is 4.82. The van der Waals surface area contributed by atoms with Gasteiger partial charge < -0.3 is 5.32 Å². The molecule has 6 heteroatoms. The van der Waals surface area contributed by atoms with E-state index in [1.54, 1.807) is 10.9 Å². The summed E-state index contributed by atoms with van der Waals surface area (Å²) in [5.74, 6) is -0.865. The third-order valence-corrected chi connectivity index (χ3v) is 3.85. The Morgan fingerprint density at radius 3 is 2.38 bits per heavy atom. The zero-order valence-corrected chi connectivity index (χ0v) is 12.6. The Hall–Kier alpha value is -2.18. The predicted octanol–water partition coefficient (Wildman–Crippen LogP) is 2.41. The van der Waals surface area contributed by atoms with Gasteiger partial charge >= 0.3 is 0 Å². The third kappa shape index (κ3) is 3.90. The molecule has 0 aliphatic heterocycles. The molecule has 3 N–H and O–H groups in total. The lowest BCUT2D eigenvalue weighted by Gasteiger charge is -2.06.